The first-order valence-electron chi connectivity index (χ1n) is 3.25. The van der Waals surface area contributed by atoms with Crippen LogP contribution in [0.1, 0.15) is 5.56 Å². The summed E-state index contributed by atoms with van der Waals surface area (Å²) >= 11 is 0. The zero-order chi connectivity index (χ0) is 8.10. The molecular weight excluding hydrogens is 213 g/mol. The van der Waals surface area contributed by atoms with E-state index in [2.05, 4.69) is 0 Å². The number of rotatable bonds is 2. The fourth-order valence-corrected chi connectivity index (χ4v) is 0.732. The van der Waals surface area contributed by atoms with Gasteiger partial charge in [0.25, 0.3) is 0 Å². The van der Waals surface area contributed by atoms with Crippen LogP contribution in [0.15, 0.2) is 36.4 Å². The van der Waals surface area contributed by atoms with Crippen LogP contribution in [0, 0.1) is 0 Å². The molecule has 12 heavy (non-hydrogen) atoms. The summed E-state index contributed by atoms with van der Waals surface area (Å²) in [5.41, 5.74) is 0.898. The number of carboxylic acid groups (broad SMARTS) is 1. The van der Waals surface area contributed by atoms with E-state index in [0.717, 1.165) is 11.6 Å². The van der Waals surface area contributed by atoms with Crippen molar-refractivity contribution in [1.82, 2.24) is 0 Å². The molecule has 0 bridgehead atoms. The SMILES string of the molecule is O=C(O)C=Cc1ccccc1.[Ge]. The maximum atomic E-state index is 10.1. The molecule has 0 aliphatic carbocycles. The Balaban J connectivity index is 0.00000121. The molecule has 0 heterocycles. The minimum Gasteiger partial charge on any atom is -0.478 e. The molecule has 2 nitrogen and oxygen atoms in total. The van der Waals surface area contributed by atoms with Crippen LogP contribution in [-0.4, -0.2) is 28.7 Å². The summed E-state index contributed by atoms with van der Waals surface area (Å²) in [4.78, 5) is 10.1. The van der Waals surface area contributed by atoms with Crippen molar-refractivity contribution in [2.75, 3.05) is 0 Å². The number of carbonyl (C=O) groups is 1. The Kier molecular flexibility index (Phi) is 5.12. The van der Waals surface area contributed by atoms with Crippen molar-refractivity contribution in [1.29, 1.82) is 0 Å². The van der Waals surface area contributed by atoms with Gasteiger partial charge in [-0.2, -0.15) is 0 Å². The molecule has 1 rings (SSSR count). The number of carboxylic acids is 1. The average Bonchev–Trinajstić information content (AvgIpc) is 2.03. The van der Waals surface area contributed by atoms with Crippen molar-refractivity contribution in [3.8, 4) is 0 Å². The number of benzene rings is 1. The third-order valence-electron chi connectivity index (χ3n) is 1.22. The minimum absolute atomic E-state index is 0. The molecule has 0 fully saturated rings. The van der Waals surface area contributed by atoms with Gasteiger partial charge < -0.3 is 5.11 Å². The van der Waals surface area contributed by atoms with E-state index in [4.69, 9.17) is 5.11 Å². The topological polar surface area (TPSA) is 37.3 Å². The summed E-state index contributed by atoms with van der Waals surface area (Å²) in [6.45, 7) is 0. The summed E-state index contributed by atoms with van der Waals surface area (Å²) in [5, 5.41) is 8.29. The van der Waals surface area contributed by atoms with E-state index < -0.39 is 5.97 Å². The first kappa shape index (κ1) is 11.0. The average molecular weight is 221 g/mol. The summed E-state index contributed by atoms with van der Waals surface area (Å²) in [5.74, 6) is -0.922. The van der Waals surface area contributed by atoms with E-state index in [0.29, 0.717) is 0 Å². The van der Waals surface area contributed by atoms with Gasteiger partial charge in [0.15, 0.2) is 0 Å². The molecule has 0 unspecified atom stereocenters. The van der Waals surface area contributed by atoms with Crippen LogP contribution in [0.2, 0.25) is 0 Å². The largest absolute Gasteiger partial charge is 0.478 e. The molecule has 0 aliphatic heterocycles. The van der Waals surface area contributed by atoms with Crippen molar-refractivity contribution in [2.24, 2.45) is 0 Å². The zero-order valence-corrected chi connectivity index (χ0v) is 8.49. The van der Waals surface area contributed by atoms with Crippen molar-refractivity contribution in [2.45, 2.75) is 0 Å². The molecule has 0 spiro atoms. The van der Waals surface area contributed by atoms with Crippen molar-refractivity contribution >= 4 is 29.6 Å². The summed E-state index contributed by atoms with van der Waals surface area (Å²) in [6, 6.07) is 9.31. The minimum atomic E-state index is -0.922. The molecule has 3 heteroatoms. The Bertz CT molecular complexity index is 267. The molecular formula is C9H8GeO2. The van der Waals surface area contributed by atoms with Crippen LogP contribution >= 0.6 is 0 Å². The van der Waals surface area contributed by atoms with Gasteiger partial charge in [-0.05, 0) is 11.6 Å². The predicted octanol–water partition coefficient (Wildman–Crippen LogP) is 1.40. The van der Waals surface area contributed by atoms with E-state index >= 15 is 0 Å². The van der Waals surface area contributed by atoms with Gasteiger partial charge in [0.05, 0.1) is 0 Å². The quantitative estimate of drug-likeness (QED) is 0.605. The van der Waals surface area contributed by atoms with Gasteiger partial charge in [-0.15, -0.1) is 0 Å². The predicted molar refractivity (Wildman–Crippen MR) is 48.9 cm³/mol. The first-order valence-corrected chi connectivity index (χ1v) is 3.25. The molecule has 1 aromatic rings. The molecule has 0 aromatic heterocycles. The maximum Gasteiger partial charge on any atom is 0.328 e. The summed E-state index contributed by atoms with van der Waals surface area (Å²) < 4.78 is 0. The van der Waals surface area contributed by atoms with E-state index in [9.17, 15) is 4.79 Å². The molecule has 4 radical (unpaired) electrons. The second-order valence-corrected chi connectivity index (χ2v) is 2.08. The second-order valence-electron chi connectivity index (χ2n) is 2.08. The van der Waals surface area contributed by atoms with Gasteiger partial charge in [0, 0.05) is 23.7 Å². The summed E-state index contributed by atoms with van der Waals surface area (Å²) in [6.07, 6.45) is 2.68. The van der Waals surface area contributed by atoms with Gasteiger partial charge >= 0.3 is 5.97 Å². The fraction of sp³-hybridized carbons (Fsp3) is 0. The summed E-state index contributed by atoms with van der Waals surface area (Å²) in [7, 11) is 0. The second kappa shape index (κ2) is 5.60. The van der Waals surface area contributed by atoms with Crippen LogP contribution in [0.3, 0.4) is 0 Å². The number of hydrogen-bond donors (Lipinski definition) is 1. The van der Waals surface area contributed by atoms with E-state index in [-0.39, 0.29) is 17.6 Å². The van der Waals surface area contributed by atoms with Gasteiger partial charge in [-0.1, -0.05) is 30.3 Å². The van der Waals surface area contributed by atoms with E-state index in [1.165, 1.54) is 0 Å². The zero-order valence-electron chi connectivity index (χ0n) is 6.40. The maximum absolute atomic E-state index is 10.1. The van der Waals surface area contributed by atoms with Crippen LogP contribution in [0.4, 0.5) is 0 Å². The van der Waals surface area contributed by atoms with Crippen LogP contribution < -0.4 is 0 Å². The molecule has 0 amide bonds. The smallest absolute Gasteiger partial charge is 0.328 e. The van der Waals surface area contributed by atoms with E-state index in [1.807, 2.05) is 30.3 Å². The van der Waals surface area contributed by atoms with E-state index in [1.54, 1.807) is 6.08 Å². The Labute approximate surface area is 81.9 Å². The van der Waals surface area contributed by atoms with Gasteiger partial charge in [0.2, 0.25) is 0 Å². The van der Waals surface area contributed by atoms with Gasteiger partial charge in [-0.25, -0.2) is 4.79 Å². The Morgan fingerprint density at radius 3 is 2.33 bits per heavy atom. The van der Waals surface area contributed by atoms with Crippen LogP contribution in [0.5, 0.6) is 0 Å². The number of hydrogen-bond acceptors (Lipinski definition) is 1. The molecule has 0 saturated carbocycles. The van der Waals surface area contributed by atoms with Crippen LogP contribution in [0.25, 0.3) is 6.08 Å². The molecule has 0 saturated heterocycles. The number of aliphatic carboxylic acids is 1. The molecule has 1 N–H and O–H groups in total. The van der Waals surface area contributed by atoms with Crippen molar-refractivity contribution < 1.29 is 9.90 Å². The molecule has 1 aromatic carbocycles. The van der Waals surface area contributed by atoms with Crippen molar-refractivity contribution in [3.05, 3.63) is 42.0 Å². The van der Waals surface area contributed by atoms with Crippen molar-refractivity contribution in [3.63, 3.8) is 0 Å². The third-order valence-corrected chi connectivity index (χ3v) is 1.22. The van der Waals surface area contributed by atoms with Gasteiger partial charge in [-0.3, -0.25) is 0 Å². The Morgan fingerprint density at radius 1 is 1.25 bits per heavy atom. The van der Waals surface area contributed by atoms with Crippen LogP contribution in [-0.2, 0) is 4.79 Å². The third kappa shape index (κ3) is 3.98. The van der Waals surface area contributed by atoms with Gasteiger partial charge in [0.1, 0.15) is 0 Å². The monoisotopic (exact) mass is 222 g/mol. The Hall–Kier alpha value is -1.03. The standard InChI is InChI=1S/C9H8O2.Ge/c10-9(11)7-6-8-4-2-1-3-5-8;/h1-7H,(H,10,11);. The molecule has 60 valence electrons. The first-order chi connectivity index (χ1) is 5.29. The molecule has 0 aliphatic rings. The normalized spacial score (nSPS) is 9.33. The fourth-order valence-electron chi connectivity index (χ4n) is 0.732. The Morgan fingerprint density at radius 2 is 1.83 bits per heavy atom. The molecule has 0 atom stereocenters.